The predicted octanol–water partition coefficient (Wildman–Crippen LogP) is 3.02. The highest BCUT2D eigenvalue weighted by Gasteiger charge is 2.13. The van der Waals surface area contributed by atoms with Crippen molar-refractivity contribution in [3.05, 3.63) is 35.5 Å². The van der Waals surface area contributed by atoms with E-state index in [2.05, 4.69) is 4.98 Å². The first kappa shape index (κ1) is 10.3. The summed E-state index contributed by atoms with van der Waals surface area (Å²) in [6.07, 6.45) is 0. The Labute approximate surface area is 101 Å². The smallest absolute Gasteiger partial charge is 0.143 e. The van der Waals surface area contributed by atoms with Gasteiger partial charge in [-0.05, 0) is 29.6 Å². The number of anilines is 1. The quantitative estimate of drug-likeness (QED) is 0.718. The lowest BCUT2D eigenvalue weighted by Gasteiger charge is -2.00. The molecule has 0 aliphatic carbocycles. The molecule has 17 heavy (non-hydrogen) atoms. The molecule has 0 unspecified atom stereocenters. The van der Waals surface area contributed by atoms with Gasteiger partial charge in [-0.1, -0.05) is 0 Å². The molecular weight excluding hydrogens is 237 g/mol. The van der Waals surface area contributed by atoms with Crippen LogP contribution in [-0.2, 0) is 7.05 Å². The minimum atomic E-state index is -0.259. The van der Waals surface area contributed by atoms with Crippen molar-refractivity contribution >= 4 is 27.4 Å². The molecule has 5 heteroatoms. The third-order valence-electron chi connectivity index (χ3n) is 2.78. The van der Waals surface area contributed by atoms with Gasteiger partial charge in [-0.3, -0.25) is 0 Å². The van der Waals surface area contributed by atoms with Gasteiger partial charge in [0.15, 0.2) is 0 Å². The third-order valence-corrected chi connectivity index (χ3v) is 3.52. The van der Waals surface area contributed by atoms with E-state index < -0.39 is 0 Å². The minimum absolute atomic E-state index is 0.259. The number of nitrogens with zero attached hydrogens (tertiary/aromatic N) is 2. The molecule has 1 aromatic carbocycles. The van der Waals surface area contributed by atoms with Gasteiger partial charge in [-0.15, -0.1) is 11.3 Å². The third kappa shape index (κ3) is 1.51. The van der Waals surface area contributed by atoms with Crippen LogP contribution in [0, 0.1) is 5.82 Å². The lowest BCUT2D eigenvalue weighted by atomic mass is 10.3. The van der Waals surface area contributed by atoms with E-state index in [0.717, 1.165) is 27.4 Å². The molecule has 0 saturated heterocycles. The van der Waals surface area contributed by atoms with Crippen molar-refractivity contribution in [1.82, 2.24) is 9.55 Å². The summed E-state index contributed by atoms with van der Waals surface area (Å²) >= 11 is 1.47. The number of benzene rings is 1. The Bertz CT molecular complexity index is 699. The second-order valence-electron chi connectivity index (χ2n) is 3.83. The summed E-state index contributed by atoms with van der Waals surface area (Å²) in [6, 6.07) is 6.50. The van der Waals surface area contributed by atoms with Crippen LogP contribution in [0.15, 0.2) is 29.6 Å². The summed E-state index contributed by atoms with van der Waals surface area (Å²) in [5.41, 5.74) is 8.32. The fourth-order valence-corrected chi connectivity index (χ4v) is 2.55. The van der Waals surface area contributed by atoms with Crippen molar-refractivity contribution in [3.63, 3.8) is 0 Å². The highest BCUT2D eigenvalue weighted by molar-refractivity contribution is 7.14. The number of halogens is 1. The molecule has 0 bridgehead atoms. The maximum absolute atomic E-state index is 13.2. The average Bonchev–Trinajstić information content (AvgIpc) is 2.84. The Morgan fingerprint density at radius 1 is 1.35 bits per heavy atom. The number of hydrogen-bond acceptors (Lipinski definition) is 3. The first-order valence-electron chi connectivity index (χ1n) is 5.12. The largest absolute Gasteiger partial charge is 0.390 e. The molecule has 0 aliphatic rings. The molecule has 2 aromatic heterocycles. The van der Waals surface area contributed by atoms with Crippen LogP contribution in [0.1, 0.15) is 0 Å². The van der Waals surface area contributed by atoms with Crippen molar-refractivity contribution in [2.45, 2.75) is 0 Å². The Hall–Kier alpha value is -1.88. The van der Waals surface area contributed by atoms with Crippen molar-refractivity contribution in [2.75, 3.05) is 5.73 Å². The van der Waals surface area contributed by atoms with Gasteiger partial charge in [-0.2, -0.15) is 0 Å². The number of hydrogen-bond donors (Lipinski definition) is 1. The standard InChI is InChI=1S/C12H10FN3S/c1-16-10-6-7(13)2-3-9(10)15-12(16)8-4-5-17-11(8)14/h2-6H,14H2,1H3. The highest BCUT2D eigenvalue weighted by Crippen LogP contribution is 2.31. The Morgan fingerprint density at radius 2 is 2.18 bits per heavy atom. The molecule has 2 heterocycles. The van der Waals surface area contributed by atoms with E-state index in [4.69, 9.17) is 5.73 Å². The van der Waals surface area contributed by atoms with Gasteiger partial charge >= 0.3 is 0 Å². The van der Waals surface area contributed by atoms with Crippen molar-refractivity contribution < 1.29 is 4.39 Å². The predicted molar refractivity (Wildman–Crippen MR) is 68.4 cm³/mol. The Balaban J connectivity index is 2.32. The number of rotatable bonds is 1. The topological polar surface area (TPSA) is 43.8 Å². The molecule has 3 aromatic rings. The number of fused-ring (bicyclic) bond motifs is 1. The molecule has 0 spiro atoms. The fraction of sp³-hybridized carbons (Fsp3) is 0.0833. The van der Waals surface area contributed by atoms with Gasteiger partial charge in [0.05, 0.1) is 21.6 Å². The normalized spacial score (nSPS) is 11.2. The average molecular weight is 247 g/mol. The van der Waals surface area contributed by atoms with E-state index in [-0.39, 0.29) is 5.82 Å². The molecule has 0 amide bonds. The Morgan fingerprint density at radius 3 is 2.88 bits per heavy atom. The molecule has 3 rings (SSSR count). The minimum Gasteiger partial charge on any atom is -0.390 e. The van der Waals surface area contributed by atoms with Gasteiger partial charge in [0.25, 0.3) is 0 Å². The van der Waals surface area contributed by atoms with Gasteiger partial charge in [0, 0.05) is 7.05 Å². The molecule has 0 saturated carbocycles. The zero-order chi connectivity index (χ0) is 12.0. The zero-order valence-corrected chi connectivity index (χ0v) is 9.96. The second kappa shape index (κ2) is 3.56. The van der Waals surface area contributed by atoms with Crippen LogP contribution in [-0.4, -0.2) is 9.55 Å². The first-order valence-corrected chi connectivity index (χ1v) is 6.00. The molecule has 0 radical (unpaired) electrons. The summed E-state index contributed by atoms with van der Waals surface area (Å²) in [6.45, 7) is 0. The number of nitrogen functional groups attached to an aromatic ring is 1. The van der Waals surface area contributed by atoms with Crippen molar-refractivity contribution in [3.8, 4) is 11.4 Å². The van der Waals surface area contributed by atoms with Crippen LogP contribution in [0.2, 0.25) is 0 Å². The number of nitrogens with two attached hydrogens (primary N) is 1. The molecule has 86 valence electrons. The van der Waals surface area contributed by atoms with Crippen LogP contribution in [0.3, 0.4) is 0 Å². The molecule has 3 nitrogen and oxygen atoms in total. The van der Waals surface area contributed by atoms with E-state index in [1.165, 1.54) is 23.5 Å². The molecule has 2 N–H and O–H groups in total. The number of thiophene rings is 1. The SMILES string of the molecule is Cn1c(-c2ccsc2N)nc2ccc(F)cc21. The summed E-state index contributed by atoms with van der Waals surface area (Å²) in [4.78, 5) is 4.48. The van der Waals surface area contributed by atoms with Gasteiger partial charge in [0.2, 0.25) is 0 Å². The highest BCUT2D eigenvalue weighted by atomic mass is 32.1. The summed E-state index contributed by atoms with van der Waals surface area (Å²) in [5.74, 6) is 0.509. The first-order chi connectivity index (χ1) is 8.16. The molecule has 0 atom stereocenters. The van der Waals surface area contributed by atoms with Crippen LogP contribution in [0.25, 0.3) is 22.4 Å². The van der Waals surface area contributed by atoms with Gasteiger partial charge in [-0.25, -0.2) is 9.37 Å². The Kier molecular flexibility index (Phi) is 2.16. The lowest BCUT2D eigenvalue weighted by Crippen LogP contribution is -1.93. The molecule has 0 fully saturated rings. The number of aryl methyl sites for hydroxylation is 1. The lowest BCUT2D eigenvalue weighted by molar-refractivity contribution is 0.629. The number of aromatic nitrogens is 2. The van der Waals surface area contributed by atoms with Gasteiger partial charge < -0.3 is 10.3 Å². The maximum Gasteiger partial charge on any atom is 0.143 e. The van der Waals surface area contributed by atoms with Crippen LogP contribution >= 0.6 is 11.3 Å². The molecular formula is C12H10FN3S. The maximum atomic E-state index is 13.2. The second-order valence-corrected chi connectivity index (χ2v) is 4.77. The van der Waals surface area contributed by atoms with E-state index in [1.807, 2.05) is 23.1 Å². The van der Waals surface area contributed by atoms with Crippen molar-refractivity contribution in [2.24, 2.45) is 7.05 Å². The van der Waals surface area contributed by atoms with E-state index in [9.17, 15) is 4.39 Å². The summed E-state index contributed by atoms with van der Waals surface area (Å²) in [7, 11) is 1.86. The van der Waals surface area contributed by atoms with E-state index in [0.29, 0.717) is 0 Å². The summed E-state index contributed by atoms with van der Waals surface area (Å²) in [5, 5.41) is 2.65. The monoisotopic (exact) mass is 247 g/mol. The van der Waals surface area contributed by atoms with Crippen LogP contribution in [0.5, 0.6) is 0 Å². The van der Waals surface area contributed by atoms with E-state index >= 15 is 0 Å². The fourth-order valence-electron chi connectivity index (χ4n) is 1.91. The van der Waals surface area contributed by atoms with Gasteiger partial charge in [0.1, 0.15) is 11.6 Å². The summed E-state index contributed by atoms with van der Waals surface area (Å²) < 4.78 is 15.0. The van der Waals surface area contributed by atoms with Crippen LogP contribution in [0.4, 0.5) is 9.39 Å². The molecule has 0 aliphatic heterocycles. The zero-order valence-electron chi connectivity index (χ0n) is 9.14. The van der Waals surface area contributed by atoms with Crippen LogP contribution < -0.4 is 5.73 Å². The van der Waals surface area contributed by atoms with E-state index in [1.54, 1.807) is 6.07 Å². The number of imidazole rings is 1. The van der Waals surface area contributed by atoms with Crippen molar-refractivity contribution in [1.29, 1.82) is 0 Å².